The number of halogens is 10. The summed E-state index contributed by atoms with van der Waals surface area (Å²) in [5.74, 6) is -15.1. The Kier molecular flexibility index (Phi) is 3.53. The van der Waals surface area contributed by atoms with Gasteiger partial charge in [-0.15, -0.1) is 26.3 Å². The molecule has 0 aliphatic carbocycles. The number of alkyl halides is 10. The molecule has 0 radical (unpaired) electrons. The molecule has 0 bridgehead atoms. The van der Waals surface area contributed by atoms with E-state index in [0.29, 0.717) is 0 Å². The van der Waals surface area contributed by atoms with Gasteiger partial charge in [0.2, 0.25) is 0 Å². The number of Topliss-reactive ketones (excluding diaryl/α,β-unsaturated/α-hetero) is 1. The van der Waals surface area contributed by atoms with E-state index in [1.807, 2.05) is 0 Å². The van der Waals surface area contributed by atoms with E-state index in [4.69, 9.17) is 0 Å². The summed E-state index contributed by atoms with van der Waals surface area (Å²) in [7, 11) is 0. The van der Waals surface area contributed by atoms with Crippen LogP contribution < -0.4 is 0 Å². The van der Waals surface area contributed by atoms with Crippen molar-refractivity contribution < 1.29 is 62.9 Å². The fourth-order valence-corrected chi connectivity index (χ4v) is 1.06. The molecule has 4 nitrogen and oxygen atoms in total. The van der Waals surface area contributed by atoms with E-state index in [1.54, 1.807) is 0 Å². The molecule has 0 amide bonds. The van der Waals surface area contributed by atoms with Crippen LogP contribution >= 0.6 is 0 Å². The van der Waals surface area contributed by atoms with Crippen LogP contribution in [0.5, 0.6) is 0 Å². The molecule has 0 aromatic heterocycles. The van der Waals surface area contributed by atoms with E-state index in [-0.39, 0.29) is 0 Å². The average molecular weight is 326 g/mol. The Balaban J connectivity index is 3.31. The Labute approximate surface area is 101 Å². The number of hydrogen-bond acceptors (Lipinski definition) is 4. The molecule has 20 heavy (non-hydrogen) atoms. The molecule has 118 valence electrons. The monoisotopic (exact) mass is 326 g/mol. The smallest absolute Gasteiger partial charge is 0.283 e. The van der Waals surface area contributed by atoms with Gasteiger partial charge in [0.05, 0.1) is 0 Å². The summed E-state index contributed by atoms with van der Waals surface area (Å²) in [5, 5.41) is 0. The minimum Gasteiger partial charge on any atom is -0.283 e. The van der Waals surface area contributed by atoms with E-state index < -0.39 is 36.5 Å². The van der Waals surface area contributed by atoms with Gasteiger partial charge in [0.1, 0.15) is 0 Å². The predicted molar refractivity (Wildman–Crippen MR) is 33.0 cm³/mol. The minimum atomic E-state index is -6.22. The van der Waals surface area contributed by atoms with Crippen molar-refractivity contribution in [2.75, 3.05) is 0 Å². The quantitative estimate of drug-likeness (QED) is 0.578. The molecule has 0 aromatic carbocycles. The summed E-state index contributed by atoms with van der Waals surface area (Å²) in [4.78, 5) is 10.7. The Hall–Kier alpha value is -1.15. The van der Waals surface area contributed by atoms with Gasteiger partial charge in [0.15, 0.2) is 0 Å². The lowest BCUT2D eigenvalue weighted by Crippen LogP contribution is -2.52. The molecule has 0 atom stereocenters. The molecule has 1 saturated heterocycles. The van der Waals surface area contributed by atoms with E-state index in [9.17, 15) is 48.7 Å². The van der Waals surface area contributed by atoms with Gasteiger partial charge in [-0.3, -0.25) is 9.53 Å². The molecule has 14 heteroatoms. The zero-order valence-corrected chi connectivity index (χ0v) is 8.41. The number of hydrogen-bond donors (Lipinski definition) is 0. The minimum absolute atomic E-state index is 2.27. The lowest BCUT2D eigenvalue weighted by molar-refractivity contribution is -0.537. The Bertz CT molecular complexity index is 393. The van der Waals surface area contributed by atoms with Gasteiger partial charge < -0.3 is 0 Å². The Morgan fingerprint density at radius 2 is 1.20 bits per heavy atom. The first kappa shape index (κ1) is 16.9. The van der Waals surface area contributed by atoms with Crippen LogP contribution in [0.15, 0.2) is 0 Å². The second kappa shape index (κ2) is 4.17. The second-order valence-corrected chi connectivity index (χ2v) is 3.17. The fraction of sp³-hybridized carbons (Fsp3) is 0.833. The van der Waals surface area contributed by atoms with Gasteiger partial charge in [0, 0.05) is 0 Å². The molecule has 0 spiro atoms. The number of carbonyl (C=O) groups excluding carboxylic acids is 1. The third kappa shape index (κ3) is 2.95. The molecular weight excluding hydrogens is 326 g/mol. The molecule has 0 unspecified atom stereocenters. The van der Waals surface area contributed by atoms with Crippen LogP contribution in [0.4, 0.5) is 43.9 Å². The highest BCUT2D eigenvalue weighted by molar-refractivity contribution is 5.93. The van der Waals surface area contributed by atoms with Crippen molar-refractivity contribution in [3.63, 3.8) is 0 Å². The maximum atomic E-state index is 12.6. The molecule has 0 N–H and O–H groups in total. The van der Waals surface area contributed by atoms with Crippen molar-refractivity contribution in [1.82, 2.24) is 0 Å². The summed E-state index contributed by atoms with van der Waals surface area (Å²) in [5.41, 5.74) is 0. The molecule has 0 aromatic rings. The van der Waals surface area contributed by atoms with Crippen molar-refractivity contribution in [2.24, 2.45) is 0 Å². The molecule has 1 fully saturated rings. The highest BCUT2D eigenvalue weighted by Crippen LogP contribution is 2.52. The number of rotatable bonds is 2. The molecule has 1 heterocycles. The van der Waals surface area contributed by atoms with Crippen molar-refractivity contribution in [1.29, 1.82) is 0 Å². The van der Waals surface area contributed by atoms with Crippen LogP contribution in [0.1, 0.15) is 0 Å². The topological polar surface area (TPSA) is 44.8 Å². The first-order valence-corrected chi connectivity index (χ1v) is 4.07. The maximum absolute atomic E-state index is 12.6. The zero-order chi connectivity index (χ0) is 16.2. The molecule has 1 aliphatic heterocycles. The van der Waals surface area contributed by atoms with Crippen molar-refractivity contribution >= 4 is 5.78 Å². The Morgan fingerprint density at radius 3 is 1.40 bits per heavy atom. The molecular formula is C6F10O4. The lowest BCUT2D eigenvalue weighted by Gasteiger charge is -2.27. The van der Waals surface area contributed by atoms with Crippen LogP contribution in [0, 0.1) is 0 Å². The summed E-state index contributed by atoms with van der Waals surface area (Å²) < 4.78 is 128. The van der Waals surface area contributed by atoms with E-state index in [1.165, 1.54) is 0 Å². The van der Waals surface area contributed by atoms with Crippen LogP contribution in [0.25, 0.3) is 0 Å². The summed E-state index contributed by atoms with van der Waals surface area (Å²) in [6, 6.07) is 0. The second-order valence-electron chi connectivity index (χ2n) is 3.17. The molecule has 1 aliphatic rings. The van der Waals surface area contributed by atoms with Crippen molar-refractivity contribution in [3.8, 4) is 0 Å². The highest BCUT2D eigenvalue weighted by atomic mass is 19.4. The van der Waals surface area contributed by atoms with Gasteiger partial charge in [-0.05, 0) is 0 Å². The molecule has 1 rings (SSSR count). The normalized spacial score (nSPS) is 25.0. The van der Waals surface area contributed by atoms with Crippen LogP contribution in [0.2, 0.25) is 0 Å². The van der Waals surface area contributed by atoms with Gasteiger partial charge >= 0.3 is 36.5 Å². The summed E-state index contributed by atoms with van der Waals surface area (Å²) in [6.07, 6.45) is -18.4. The van der Waals surface area contributed by atoms with Crippen LogP contribution in [-0.4, -0.2) is 36.5 Å². The van der Waals surface area contributed by atoms with E-state index in [2.05, 4.69) is 14.2 Å². The lowest BCUT2D eigenvalue weighted by atomic mass is 10.2. The molecule has 0 saturated carbocycles. The maximum Gasteiger partial charge on any atom is 0.527 e. The van der Waals surface area contributed by atoms with Gasteiger partial charge in [-0.1, -0.05) is 0 Å². The number of ketones is 1. The first-order valence-electron chi connectivity index (χ1n) is 4.07. The van der Waals surface area contributed by atoms with Gasteiger partial charge in [-0.25, -0.2) is 9.47 Å². The highest BCUT2D eigenvalue weighted by Gasteiger charge is 2.82. The van der Waals surface area contributed by atoms with Gasteiger partial charge in [-0.2, -0.15) is 17.6 Å². The third-order valence-electron chi connectivity index (χ3n) is 1.69. The van der Waals surface area contributed by atoms with Crippen molar-refractivity contribution in [2.45, 2.75) is 30.7 Å². The summed E-state index contributed by atoms with van der Waals surface area (Å²) >= 11 is 0. The van der Waals surface area contributed by atoms with E-state index >= 15 is 0 Å². The zero-order valence-electron chi connectivity index (χ0n) is 8.41. The van der Waals surface area contributed by atoms with Gasteiger partial charge in [0.25, 0.3) is 0 Å². The third-order valence-corrected chi connectivity index (χ3v) is 1.69. The van der Waals surface area contributed by atoms with E-state index in [0.717, 1.165) is 0 Å². The van der Waals surface area contributed by atoms with Crippen LogP contribution in [-0.2, 0) is 19.0 Å². The largest absolute Gasteiger partial charge is 0.527 e. The number of ether oxygens (including phenoxy) is 3. The standard InChI is InChI=1S/C6F10O4/c7-2(8)1(17)3(18-4(2,9)10,19-5(11,12)13)20-6(14,15)16. The SMILES string of the molecule is O=C1C(OC(F)(F)F)(OC(F)(F)F)OC(F)(F)C1(F)F. The summed E-state index contributed by atoms with van der Waals surface area (Å²) in [6.45, 7) is 0. The predicted octanol–water partition coefficient (Wildman–Crippen LogP) is 2.54. The fourth-order valence-electron chi connectivity index (χ4n) is 1.06. The number of carbonyl (C=O) groups is 1. The van der Waals surface area contributed by atoms with Crippen LogP contribution in [0.3, 0.4) is 0 Å². The Morgan fingerprint density at radius 1 is 0.850 bits per heavy atom. The average Bonchev–Trinajstić information content (AvgIpc) is 2.18. The van der Waals surface area contributed by atoms with Crippen molar-refractivity contribution in [3.05, 3.63) is 0 Å². The first-order chi connectivity index (χ1) is 8.53.